The van der Waals surface area contributed by atoms with Gasteiger partial charge in [0.2, 0.25) is 0 Å². The molecule has 1 aliphatic rings. The minimum absolute atomic E-state index is 0.515. The van der Waals surface area contributed by atoms with E-state index in [1.54, 1.807) is 0 Å². The van der Waals surface area contributed by atoms with Crippen molar-refractivity contribution in [1.82, 2.24) is 5.32 Å². The molecule has 0 radical (unpaired) electrons. The summed E-state index contributed by atoms with van der Waals surface area (Å²) in [5, 5.41) is 3.60. The third-order valence-corrected chi connectivity index (χ3v) is 4.14. The minimum atomic E-state index is 0.515. The molecule has 108 valence electrons. The van der Waals surface area contributed by atoms with Gasteiger partial charge in [-0.25, -0.2) is 0 Å². The van der Waals surface area contributed by atoms with Crippen molar-refractivity contribution in [2.45, 2.75) is 84.8 Å². The first-order valence-corrected chi connectivity index (χ1v) is 7.92. The number of ether oxygens (including phenoxy) is 1. The number of rotatable bonds is 8. The van der Waals surface area contributed by atoms with Crippen LogP contribution < -0.4 is 5.32 Å². The Morgan fingerprint density at radius 1 is 1.17 bits per heavy atom. The van der Waals surface area contributed by atoms with Gasteiger partial charge in [0.1, 0.15) is 0 Å². The van der Waals surface area contributed by atoms with Gasteiger partial charge in [-0.2, -0.15) is 0 Å². The van der Waals surface area contributed by atoms with Crippen molar-refractivity contribution in [2.24, 2.45) is 5.41 Å². The molecule has 0 bridgehead atoms. The lowest BCUT2D eigenvalue weighted by atomic mass is 9.76. The minimum Gasteiger partial charge on any atom is -0.377 e. The van der Waals surface area contributed by atoms with Crippen molar-refractivity contribution in [1.29, 1.82) is 0 Å². The van der Waals surface area contributed by atoms with Crippen LogP contribution in [0.25, 0.3) is 0 Å². The highest BCUT2D eigenvalue weighted by Crippen LogP contribution is 2.36. The van der Waals surface area contributed by atoms with Gasteiger partial charge in [-0.1, -0.05) is 34.1 Å². The van der Waals surface area contributed by atoms with Crippen molar-refractivity contribution < 1.29 is 4.74 Å². The second-order valence-electron chi connectivity index (χ2n) is 6.64. The summed E-state index contributed by atoms with van der Waals surface area (Å²) in [4.78, 5) is 0. The molecule has 2 heteroatoms. The maximum Gasteiger partial charge on any atom is 0.0623 e. The predicted octanol–water partition coefficient (Wildman–Crippen LogP) is 4.14. The average molecular weight is 255 g/mol. The van der Waals surface area contributed by atoms with Crippen LogP contribution in [0.15, 0.2) is 0 Å². The lowest BCUT2D eigenvalue weighted by Crippen LogP contribution is -2.36. The maximum absolute atomic E-state index is 6.13. The summed E-state index contributed by atoms with van der Waals surface area (Å²) >= 11 is 0. The molecule has 0 spiro atoms. The highest BCUT2D eigenvalue weighted by atomic mass is 16.5. The van der Waals surface area contributed by atoms with Crippen LogP contribution in [0.2, 0.25) is 0 Å². The maximum atomic E-state index is 6.13. The third kappa shape index (κ3) is 6.19. The molecule has 0 aliphatic heterocycles. The molecule has 1 saturated carbocycles. The molecule has 1 fully saturated rings. The largest absolute Gasteiger partial charge is 0.377 e. The van der Waals surface area contributed by atoms with Gasteiger partial charge < -0.3 is 10.1 Å². The van der Waals surface area contributed by atoms with Crippen molar-refractivity contribution in [2.75, 3.05) is 13.2 Å². The first-order valence-electron chi connectivity index (χ1n) is 7.92. The summed E-state index contributed by atoms with van der Waals surface area (Å²) in [5.41, 5.74) is 0.545. The van der Waals surface area contributed by atoms with Crippen LogP contribution in [-0.4, -0.2) is 25.3 Å². The number of hydrogen-bond donors (Lipinski definition) is 1. The quantitative estimate of drug-likeness (QED) is 0.704. The van der Waals surface area contributed by atoms with Crippen LogP contribution in [0.4, 0.5) is 0 Å². The van der Waals surface area contributed by atoms with Crippen LogP contribution in [0.1, 0.15) is 72.6 Å². The van der Waals surface area contributed by atoms with Crippen molar-refractivity contribution in [3.63, 3.8) is 0 Å². The van der Waals surface area contributed by atoms with Gasteiger partial charge in [0.25, 0.3) is 0 Å². The van der Waals surface area contributed by atoms with E-state index < -0.39 is 0 Å². The fourth-order valence-corrected chi connectivity index (χ4v) is 2.73. The lowest BCUT2D eigenvalue weighted by Gasteiger charge is -2.34. The van der Waals surface area contributed by atoms with E-state index in [1.807, 2.05) is 0 Å². The van der Waals surface area contributed by atoms with E-state index in [-0.39, 0.29) is 0 Å². The Bertz CT molecular complexity index is 205. The molecule has 1 N–H and O–H groups in total. The van der Waals surface area contributed by atoms with E-state index >= 15 is 0 Å². The summed E-state index contributed by atoms with van der Waals surface area (Å²) < 4.78 is 6.13. The van der Waals surface area contributed by atoms with Crippen LogP contribution in [0.5, 0.6) is 0 Å². The summed E-state index contributed by atoms with van der Waals surface area (Å²) in [5.74, 6) is 0. The molecule has 0 aromatic rings. The Labute approximate surface area is 114 Å². The van der Waals surface area contributed by atoms with Crippen molar-refractivity contribution >= 4 is 0 Å². The van der Waals surface area contributed by atoms with E-state index in [0.29, 0.717) is 17.6 Å². The molecule has 0 aromatic carbocycles. The van der Waals surface area contributed by atoms with Crippen molar-refractivity contribution in [3.05, 3.63) is 0 Å². The van der Waals surface area contributed by atoms with Crippen LogP contribution in [0.3, 0.4) is 0 Å². The molecule has 1 atom stereocenters. The second-order valence-corrected chi connectivity index (χ2v) is 6.64. The zero-order chi connectivity index (χ0) is 13.4. The Morgan fingerprint density at radius 3 is 2.39 bits per heavy atom. The molecular formula is C16H33NO. The first-order chi connectivity index (χ1) is 8.57. The zero-order valence-electron chi connectivity index (χ0n) is 12.9. The molecule has 0 amide bonds. The summed E-state index contributed by atoms with van der Waals surface area (Å²) in [6.07, 6.45) is 9.33. The Balaban J connectivity index is 2.21. The number of nitrogens with one attached hydrogen (secondary N) is 1. The fourth-order valence-electron chi connectivity index (χ4n) is 2.73. The monoisotopic (exact) mass is 255 g/mol. The third-order valence-electron chi connectivity index (χ3n) is 4.14. The van der Waals surface area contributed by atoms with Gasteiger partial charge in [-0.15, -0.1) is 0 Å². The molecule has 2 nitrogen and oxygen atoms in total. The molecule has 1 aliphatic carbocycles. The summed E-state index contributed by atoms with van der Waals surface area (Å²) in [6, 6.07) is 0.560. The van der Waals surface area contributed by atoms with E-state index in [9.17, 15) is 0 Å². The van der Waals surface area contributed by atoms with E-state index in [2.05, 4.69) is 33.0 Å². The first kappa shape index (κ1) is 16.0. The Morgan fingerprint density at radius 2 is 1.83 bits per heavy atom. The lowest BCUT2D eigenvalue weighted by molar-refractivity contribution is -0.00640. The standard InChI is InChI=1S/C16H33NO/c1-5-7-14(17-12-6-2)13-18-15-8-10-16(3,4)11-9-15/h14-15,17H,5-13H2,1-4H3. The zero-order valence-corrected chi connectivity index (χ0v) is 12.9. The van der Waals surface area contributed by atoms with Gasteiger partial charge in [0, 0.05) is 6.04 Å². The SMILES string of the molecule is CCCNC(CCC)COC1CCC(C)(C)CC1. The molecule has 0 saturated heterocycles. The highest BCUT2D eigenvalue weighted by molar-refractivity contribution is 4.79. The van der Waals surface area contributed by atoms with E-state index in [1.165, 1.54) is 44.9 Å². The smallest absolute Gasteiger partial charge is 0.0623 e. The summed E-state index contributed by atoms with van der Waals surface area (Å²) in [6.45, 7) is 11.3. The summed E-state index contributed by atoms with van der Waals surface area (Å²) in [7, 11) is 0. The Hall–Kier alpha value is -0.0800. The van der Waals surface area contributed by atoms with E-state index in [4.69, 9.17) is 4.74 Å². The highest BCUT2D eigenvalue weighted by Gasteiger charge is 2.27. The van der Waals surface area contributed by atoms with Gasteiger partial charge in [0.15, 0.2) is 0 Å². The topological polar surface area (TPSA) is 21.3 Å². The van der Waals surface area contributed by atoms with Gasteiger partial charge in [0.05, 0.1) is 12.7 Å². The van der Waals surface area contributed by atoms with Gasteiger partial charge >= 0.3 is 0 Å². The van der Waals surface area contributed by atoms with Gasteiger partial charge in [-0.05, 0) is 50.5 Å². The molecule has 0 aromatic heterocycles. The molecule has 1 unspecified atom stereocenters. The average Bonchev–Trinajstić information content (AvgIpc) is 2.34. The van der Waals surface area contributed by atoms with Crippen molar-refractivity contribution in [3.8, 4) is 0 Å². The second kappa shape index (κ2) is 8.16. The molecule has 0 heterocycles. The normalized spacial score (nSPS) is 22.0. The Kier molecular flexibility index (Phi) is 7.25. The fraction of sp³-hybridized carbons (Fsp3) is 1.00. The van der Waals surface area contributed by atoms with Gasteiger partial charge in [-0.3, -0.25) is 0 Å². The van der Waals surface area contributed by atoms with Crippen LogP contribution in [0, 0.1) is 5.41 Å². The molecule has 1 rings (SSSR count). The molecular weight excluding hydrogens is 222 g/mol. The van der Waals surface area contributed by atoms with Crippen LogP contribution >= 0.6 is 0 Å². The predicted molar refractivity (Wildman–Crippen MR) is 79.0 cm³/mol. The van der Waals surface area contributed by atoms with Crippen LogP contribution in [-0.2, 0) is 4.74 Å². The van der Waals surface area contributed by atoms with E-state index in [0.717, 1.165) is 13.2 Å². The molecule has 18 heavy (non-hydrogen) atoms. The number of hydrogen-bond acceptors (Lipinski definition) is 2.